The maximum Gasteiger partial charge on any atom is 0.174 e. The summed E-state index contributed by atoms with van der Waals surface area (Å²) in [4.78, 5) is 24.9. The SMILES string of the molecule is C[C@]12CCC(=O)C=C1CC[C@H]1[C@H]2CC[C@@]2(C)[C@H]1CC[C@]2(O)C(=O)CSCCO. The van der Waals surface area contributed by atoms with Crippen molar-refractivity contribution in [2.24, 2.45) is 28.6 Å². The largest absolute Gasteiger partial charge is 0.396 e. The molecule has 4 aliphatic carbocycles. The first-order chi connectivity index (χ1) is 13.3. The predicted octanol–water partition coefficient (Wildman–Crippen LogP) is 3.54. The van der Waals surface area contributed by atoms with Crippen molar-refractivity contribution in [1.82, 2.24) is 0 Å². The number of rotatable bonds is 5. The standard InChI is InChI=1S/C23H34O4S/c1-21-8-5-16(25)13-15(21)3-4-17-18(21)6-9-22(2)19(17)7-10-23(22,27)20(26)14-28-12-11-24/h13,17-19,24,27H,3-12,14H2,1-2H3/t17-,18+,19-,21-,22-,23-/m0/s1. The fourth-order valence-corrected chi connectivity index (χ4v) is 8.08. The number of carbonyl (C=O) groups excluding carboxylic acids is 2. The molecule has 4 rings (SSSR count). The summed E-state index contributed by atoms with van der Waals surface area (Å²) in [5.74, 6) is 2.58. The third-order valence-corrected chi connectivity index (χ3v) is 9.98. The Kier molecular flexibility index (Phi) is 5.33. The van der Waals surface area contributed by atoms with E-state index < -0.39 is 5.60 Å². The summed E-state index contributed by atoms with van der Waals surface area (Å²) in [6.07, 6.45) is 9.07. The Bertz CT molecular complexity index is 703. The predicted molar refractivity (Wildman–Crippen MR) is 111 cm³/mol. The van der Waals surface area contributed by atoms with Gasteiger partial charge in [-0.15, -0.1) is 0 Å². The molecular formula is C23H34O4S. The van der Waals surface area contributed by atoms with Gasteiger partial charge in [-0.3, -0.25) is 9.59 Å². The van der Waals surface area contributed by atoms with E-state index in [1.54, 1.807) is 0 Å². The molecule has 0 unspecified atom stereocenters. The molecule has 0 aromatic rings. The molecule has 0 heterocycles. The first kappa shape index (κ1) is 20.6. The average Bonchev–Trinajstić information content (AvgIpc) is 2.95. The molecule has 0 bridgehead atoms. The van der Waals surface area contributed by atoms with Gasteiger partial charge in [0.2, 0.25) is 0 Å². The van der Waals surface area contributed by atoms with Gasteiger partial charge in [-0.1, -0.05) is 19.4 Å². The van der Waals surface area contributed by atoms with Crippen molar-refractivity contribution in [2.75, 3.05) is 18.1 Å². The van der Waals surface area contributed by atoms with Crippen molar-refractivity contribution in [2.45, 2.75) is 70.8 Å². The van der Waals surface area contributed by atoms with Crippen molar-refractivity contribution >= 4 is 23.3 Å². The summed E-state index contributed by atoms with van der Waals surface area (Å²) in [6, 6.07) is 0. The topological polar surface area (TPSA) is 74.6 Å². The van der Waals surface area contributed by atoms with E-state index in [1.165, 1.54) is 17.3 Å². The van der Waals surface area contributed by atoms with Crippen LogP contribution in [-0.2, 0) is 9.59 Å². The van der Waals surface area contributed by atoms with E-state index in [4.69, 9.17) is 5.11 Å². The molecule has 0 amide bonds. The number of ketones is 2. The number of aliphatic hydroxyl groups excluding tert-OH is 1. The summed E-state index contributed by atoms with van der Waals surface area (Å²) >= 11 is 1.42. The van der Waals surface area contributed by atoms with Crippen molar-refractivity contribution in [3.8, 4) is 0 Å². The molecule has 3 saturated carbocycles. The van der Waals surface area contributed by atoms with Crippen LogP contribution in [0.4, 0.5) is 0 Å². The third kappa shape index (κ3) is 2.87. The molecule has 0 aliphatic heterocycles. The second-order valence-electron chi connectivity index (χ2n) is 10.0. The Morgan fingerprint density at radius 2 is 1.89 bits per heavy atom. The van der Waals surface area contributed by atoms with Gasteiger partial charge in [0.25, 0.3) is 0 Å². The van der Waals surface area contributed by atoms with E-state index in [-0.39, 0.29) is 29.0 Å². The van der Waals surface area contributed by atoms with Crippen LogP contribution in [0.1, 0.15) is 65.2 Å². The molecule has 4 nitrogen and oxygen atoms in total. The highest BCUT2D eigenvalue weighted by atomic mass is 32.2. The quantitative estimate of drug-likeness (QED) is 0.683. The first-order valence-corrected chi connectivity index (χ1v) is 12.1. The van der Waals surface area contributed by atoms with Crippen LogP contribution in [0.25, 0.3) is 0 Å². The van der Waals surface area contributed by atoms with E-state index in [0.29, 0.717) is 42.1 Å². The fourth-order valence-electron chi connectivity index (χ4n) is 7.38. The number of thioether (sulfide) groups is 1. The van der Waals surface area contributed by atoms with Gasteiger partial charge in [0.1, 0.15) is 5.60 Å². The summed E-state index contributed by atoms with van der Waals surface area (Å²) in [6.45, 7) is 4.59. The Morgan fingerprint density at radius 3 is 2.64 bits per heavy atom. The van der Waals surface area contributed by atoms with Crippen LogP contribution in [-0.4, -0.2) is 45.5 Å². The normalized spacial score (nSPS) is 45.1. The number of allylic oxidation sites excluding steroid dienone is 1. The van der Waals surface area contributed by atoms with Crippen LogP contribution < -0.4 is 0 Å². The highest BCUT2D eigenvalue weighted by Crippen LogP contribution is 2.67. The van der Waals surface area contributed by atoms with Gasteiger partial charge in [0.15, 0.2) is 11.6 Å². The van der Waals surface area contributed by atoms with Gasteiger partial charge in [-0.25, -0.2) is 0 Å². The van der Waals surface area contributed by atoms with Crippen molar-refractivity contribution in [1.29, 1.82) is 0 Å². The molecule has 0 saturated heterocycles. The van der Waals surface area contributed by atoms with Crippen molar-refractivity contribution in [3.63, 3.8) is 0 Å². The second-order valence-corrected chi connectivity index (χ2v) is 11.1. The van der Waals surface area contributed by atoms with Crippen LogP contribution in [0.15, 0.2) is 11.6 Å². The molecule has 0 radical (unpaired) electrons. The van der Waals surface area contributed by atoms with Gasteiger partial charge in [0, 0.05) is 17.6 Å². The van der Waals surface area contributed by atoms with Crippen LogP contribution >= 0.6 is 11.8 Å². The molecule has 0 aromatic carbocycles. The van der Waals surface area contributed by atoms with Gasteiger partial charge in [-0.2, -0.15) is 11.8 Å². The second kappa shape index (κ2) is 7.24. The maximum absolute atomic E-state index is 13.0. The summed E-state index contributed by atoms with van der Waals surface area (Å²) < 4.78 is 0. The molecule has 2 N–H and O–H groups in total. The number of fused-ring (bicyclic) bond motifs is 5. The number of aliphatic hydroxyl groups is 2. The van der Waals surface area contributed by atoms with E-state index >= 15 is 0 Å². The number of carbonyl (C=O) groups is 2. The monoisotopic (exact) mass is 406 g/mol. The zero-order chi connectivity index (χ0) is 20.2. The number of hydrogen-bond acceptors (Lipinski definition) is 5. The van der Waals surface area contributed by atoms with Crippen LogP contribution in [0.2, 0.25) is 0 Å². The highest BCUT2D eigenvalue weighted by Gasteiger charge is 2.65. The molecule has 0 aromatic heterocycles. The van der Waals surface area contributed by atoms with E-state index in [1.807, 2.05) is 6.08 Å². The summed E-state index contributed by atoms with van der Waals surface area (Å²) in [5.41, 5.74) is -0.0734. The lowest BCUT2D eigenvalue weighted by molar-refractivity contribution is -0.159. The van der Waals surface area contributed by atoms with Gasteiger partial charge in [0.05, 0.1) is 12.4 Å². The molecule has 5 heteroatoms. The molecule has 4 aliphatic rings. The molecule has 28 heavy (non-hydrogen) atoms. The average molecular weight is 407 g/mol. The molecule has 6 atom stereocenters. The third-order valence-electron chi connectivity index (χ3n) is 9.04. The number of Topliss-reactive ketones (excluding diaryl/α,β-unsaturated/α-hetero) is 1. The Hall–Kier alpha value is -0.650. The smallest absolute Gasteiger partial charge is 0.174 e. The van der Waals surface area contributed by atoms with Crippen molar-refractivity contribution in [3.05, 3.63) is 11.6 Å². The van der Waals surface area contributed by atoms with E-state index in [0.717, 1.165) is 38.5 Å². The molecule has 3 fully saturated rings. The van der Waals surface area contributed by atoms with Crippen LogP contribution in [0.5, 0.6) is 0 Å². The van der Waals surface area contributed by atoms with E-state index in [9.17, 15) is 14.7 Å². The lowest BCUT2D eigenvalue weighted by Crippen LogP contribution is -2.58. The lowest BCUT2D eigenvalue weighted by Gasteiger charge is -2.58. The zero-order valence-electron chi connectivity index (χ0n) is 17.2. The summed E-state index contributed by atoms with van der Waals surface area (Å²) in [7, 11) is 0. The highest BCUT2D eigenvalue weighted by molar-refractivity contribution is 7.99. The summed E-state index contributed by atoms with van der Waals surface area (Å²) in [5, 5.41) is 20.5. The van der Waals surface area contributed by atoms with Crippen LogP contribution in [0, 0.1) is 28.6 Å². The molecule has 156 valence electrons. The fraction of sp³-hybridized carbons (Fsp3) is 0.826. The molecule has 0 spiro atoms. The van der Waals surface area contributed by atoms with Gasteiger partial charge >= 0.3 is 0 Å². The number of hydrogen-bond donors (Lipinski definition) is 2. The van der Waals surface area contributed by atoms with Gasteiger partial charge < -0.3 is 10.2 Å². The zero-order valence-corrected chi connectivity index (χ0v) is 18.0. The minimum Gasteiger partial charge on any atom is -0.396 e. The first-order valence-electron chi connectivity index (χ1n) is 10.9. The van der Waals surface area contributed by atoms with Crippen LogP contribution in [0.3, 0.4) is 0 Å². The van der Waals surface area contributed by atoms with Gasteiger partial charge in [-0.05, 0) is 74.2 Å². The minimum atomic E-state index is -1.22. The van der Waals surface area contributed by atoms with Crippen molar-refractivity contribution < 1.29 is 19.8 Å². The minimum absolute atomic E-state index is 0.0414. The van der Waals surface area contributed by atoms with E-state index in [2.05, 4.69) is 13.8 Å². The Labute approximate surface area is 172 Å². The Balaban J connectivity index is 1.58. The Morgan fingerprint density at radius 1 is 1.14 bits per heavy atom. The lowest BCUT2D eigenvalue weighted by atomic mass is 9.46. The maximum atomic E-state index is 13.0. The molecular weight excluding hydrogens is 372 g/mol.